The number of ether oxygens (including phenoxy) is 1. The average Bonchev–Trinajstić information content (AvgIpc) is 2.77. The van der Waals surface area contributed by atoms with Gasteiger partial charge in [0.1, 0.15) is 0 Å². The van der Waals surface area contributed by atoms with E-state index in [-0.39, 0.29) is 17.4 Å². The van der Waals surface area contributed by atoms with Gasteiger partial charge in [-0.2, -0.15) is 0 Å². The summed E-state index contributed by atoms with van der Waals surface area (Å²) in [5, 5.41) is 0. The van der Waals surface area contributed by atoms with Crippen molar-refractivity contribution in [1.29, 1.82) is 0 Å². The van der Waals surface area contributed by atoms with Gasteiger partial charge < -0.3 is 10.5 Å². The predicted molar refractivity (Wildman–Crippen MR) is 76.1 cm³/mol. The van der Waals surface area contributed by atoms with Crippen LogP contribution in [0, 0.1) is 6.92 Å². The minimum Gasteiger partial charge on any atom is -0.469 e. The van der Waals surface area contributed by atoms with E-state index in [1.165, 1.54) is 23.8 Å². The van der Waals surface area contributed by atoms with Crippen molar-refractivity contribution in [1.82, 2.24) is 0 Å². The van der Waals surface area contributed by atoms with E-state index in [1.807, 2.05) is 0 Å². The molecule has 0 saturated heterocycles. The average molecular weight is 261 g/mol. The zero-order valence-corrected chi connectivity index (χ0v) is 12.0. The SMILES string of the molecule is CCC(N)C1(CC(=O)OC)CCc2ccc(C)cc21. The Morgan fingerprint density at radius 2 is 2.26 bits per heavy atom. The summed E-state index contributed by atoms with van der Waals surface area (Å²) in [6, 6.07) is 6.49. The highest BCUT2D eigenvalue weighted by atomic mass is 16.5. The van der Waals surface area contributed by atoms with Crippen LogP contribution in [-0.2, 0) is 21.4 Å². The number of carbonyl (C=O) groups is 1. The number of hydrogen-bond donors (Lipinski definition) is 1. The lowest BCUT2D eigenvalue weighted by atomic mass is 9.71. The molecule has 0 spiro atoms. The van der Waals surface area contributed by atoms with Crippen LogP contribution in [0.4, 0.5) is 0 Å². The summed E-state index contributed by atoms with van der Waals surface area (Å²) in [5.74, 6) is -0.168. The van der Waals surface area contributed by atoms with Gasteiger partial charge in [0.25, 0.3) is 0 Å². The lowest BCUT2D eigenvalue weighted by Gasteiger charge is -2.35. The van der Waals surface area contributed by atoms with Gasteiger partial charge in [-0.1, -0.05) is 30.7 Å². The molecule has 19 heavy (non-hydrogen) atoms. The topological polar surface area (TPSA) is 52.3 Å². The predicted octanol–water partition coefficient (Wildman–Crippen LogP) is 2.48. The summed E-state index contributed by atoms with van der Waals surface area (Å²) in [6.45, 7) is 4.16. The summed E-state index contributed by atoms with van der Waals surface area (Å²) >= 11 is 0. The molecule has 0 aromatic heterocycles. The number of methoxy groups -OCH3 is 1. The van der Waals surface area contributed by atoms with Crippen LogP contribution in [0.15, 0.2) is 18.2 Å². The minimum absolute atomic E-state index is 0.00495. The standard InChI is InChI=1S/C16H23NO2/c1-4-14(17)16(10-15(18)19-3)8-7-12-6-5-11(2)9-13(12)16/h5-6,9,14H,4,7-8,10,17H2,1-3H3. The van der Waals surface area contributed by atoms with Crippen molar-refractivity contribution < 1.29 is 9.53 Å². The van der Waals surface area contributed by atoms with Crippen LogP contribution in [-0.4, -0.2) is 19.1 Å². The Bertz CT molecular complexity index is 484. The molecule has 2 unspecified atom stereocenters. The van der Waals surface area contributed by atoms with Crippen LogP contribution in [0.2, 0.25) is 0 Å². The van der Waals surface area contributed by atoms with Gasteiger partial charge in [-0.05, 0) is 37.3 Å². The molecule has 1 aliphatic rings. The highest BCUT2D eigenvalue weighted by Gasteiger charge is 2.44. The Kier molecular flexibility index (Phi) is 3.95. The third-order valence-corrected chi connectivity index (χ3v) is 4.48. The first-order valence-electron chi connectivity index (χ1n) is 6.96. The van der Waals surface area contributed by atoms with Gasteiger partial charge in [-0.3, -0.25) is 4.79 Å². The molecule has 0 fully saturated rings. The van der Waals surface area contributed by atoms with Crippen molar-refractivity contribution in [2.24, 2.45) is 5.73 Å². The fraction of sp³-hybridized carbons (Fsp3) is 0.562. The fourth-order valence-corrected chi connectivity index (χ4v) is 3.28. The third-order valence-electron chi connectivity index (χ3n) is 4.48. The number of fused-ring (bicyclic) bond motifs is 1. The summed E-state index contributed by atoms with van der Waals surface area (Å²) in [7, 11) is 1.44. The number of hydrogen-bond acceptors (Lipinski definition) is 3. The number of rotatable bonds is 4. The highest BCUT2D eigenvalue weighted by molar-refractivity contribution is 5.72. The van der Waals surface area contributed by atoms with E-state index in [0.29, 0.717) is 6.42 Å². The molecule has 0 aliphatic heterocycles. The van der Waals surface area contributed by atoms with Gasteiger partial charge in [0.15, 0.2) is 0 Å². The van der Waals surface area contributed by atoms with Crippen LogP contribution in [0.1, 0.15) is 42.9 Å². The molecule has 1 aromatic rings. The van der Waals surface area contributed by atoms with E-state index >= 15 is 0 Å². The van der Waals surface area contributed by atoms with Gasteiger partial charge in [0, 0.05) is 11.5 Å². The number of aryl methyl sites for hydroxylation is 2. The zero-order chi connectivity index (χ0) is 14.0. The van der Waals surface area contributed by atoms with Crippen molar-refractivity contribution in [3.8, 4) is 0 Å². The molecule has 1 aromatic carbocycles. The number of nitrogens with two attached hydrogens (primary N) is 1. The molecule has 1 aliphatic carbocycles. The van der Waals surface area contributed by atoms with Crippen LogP contribution in [0.5, 0.6) is 0 Å². The number of benzene rings is 1. The molecular weight excluding hydrogens is 238 g/mol. The molecule has 3 nitrogen and oxygen atoms in total. The van der Waals surface area contributed by atoms with Crippen LogP contribution in [0.25, 0.3) is 0 Å². The minimum atomic E-state index is -0.247. The first-order chi connectivity index (χ1) is 9.03. The van der Waals surface area contributed by atoms with E-state index in [4.69, 9.17) is 10.5 Å². The van der Waals surface area contributed by atoms with E-state index in [9.17, 15) is 4.79 Å². The molecule has 2 atom stereocenters. The second kappa shape index (κ2) is 5.33. The molecule has 2 N–H and O–H groups in total. The van der Waals surface area contributed by atoms with E-state index in [1.54, 1.807) is 0 Å². The van der Waals surface area contributed by atoms with Crippen LogP contribution < -0.4 is 5.73 Å². The third kappa shape index (κ3) is 2.39. The van der Waals surface area contributed by atoms with Gasteiger partial charge in [0.2, 0.25) is 0 Å². The molecule has 0 amide bonds. The summed E-state index contributed by atoms with van der Waals surface area (Å²) < 4.78 is 4.88. The van der Waals surface area contributed by atoms with E-state index < -0.39 is 0 Å². The lowest BCUT2D eigenvalue weighted by Crippen LogP contribution is -2.45. The molecule has 2 rings (SSSR count). The van der Waals surface area contributed by atoms with E-state index in [2.05, 4.69) is 32.0 Å². The normalized spacial score (nSPS) is 22.9. The number of carbonyl (C=O) groups excluding carboxylic acids is 1. The zero-order valence-electron chi connectivity index (χ0n) is 12.0. The maximum atomic E-state index is 11.8. The van der Waals surface area contributed by atoms with Crippen molar-refractivity contribution in [3.05, 3.63) is 34.9 Å². The van der Waals surface area contributed by atoms with Crippen molar-refractivity contribution in [3.63, 3.8) is 0 Å². The largest absolute Gasteiger partial charge is 0.469 e. The Labute approximate surface area is 115 Å². The van der Waals surface area contributed by atoms with Crippen LogP contribution in [0.3, 0.4) is 0 Å². The summed E-state index contributed by atoms with van der Waals surface area (Å²) in [4.78, 5) is 11.8. The fourth-order valence-electron chi connectivity index (χ4n) is 3.28. The molecule has 0 heterocycles. The molecule has 0 bridgehead atoms. The quantitative estimate of drug-likeness (QED) is 0.847. The monoisotopic (exact) mass is 261 g/mol. The smallest absolute Gasteiger partial charge is 0.306 e. The first kappa shape index (κ1) is 14.1. The summed E-state index contributed by atoms with van der Waals surface area (Å²) in [5.41, 5.74) is 9.94. The summed E-state index contributed by atoms with van der Waals surface area (Å²) in [6.07, 6.45) is 3.19. The molecule has 104 valence electrons. The first-order valence-corrected chi connectivity index (χ1v) is 6.96. The molecular formula is C16H23NO2. The Morgan fingerprint density at radius 1 is 1.53 bits per heavy atom. The molecule has 3 heteroatoms. The maximum absolute atomic E-state index is 11.8. The van der Waals surface area contributed by atoms with Gasteiger partial charge in [-0.15, -0.1) is 0 Å². The Balaban J connectivity index is 2.47. The number of esters is 1. The van der Waals surface area contributed by atoms with Crippen molar-refractivity contribution >= 4 is 5.97 Å². The lowest BCUT2D eigenvalue weighted by molar-refractivity contribution is -0.142. The van der Waals surface area contributed by atoms with Crippen molar-refractivity contribution in [2.45, 2.75) is 51.0 Å². The molecule has 0 saturated carbocycles. The maximum Gasteiger partial charge on any atom is 0.306 e. The Morgan fingerprint density at radius 3 is 2.89 bits per heavy atom. The van der Waals surface area contributed by atoms with Crippen LogP contribution >= 0.6 is 0 Å². The second-order valence-electron chi connectivity index (χ2n) is 5.58. The van der Waals surface area contributed by atoms with Gasteiger partial charge >= 0.3 is 5.97 Å². The van der Waals surface area contributed by atoms with Crippen molar-refractivity contribution in [2.75, 3.05) is 7.11 Å². The highest BCUT2D eigenvalue weighted by Crippen LogP contribution is 2.45. The second-order valence-corrected chi connectivity index (χ2v) is 5.58. The van der Waals surface area contributed by atoms with E-state index in [0.717, 1.165) is 19.3 Å². The molecule has 0 radical (unpaired) electrons. The van der Waals surface area contributed by atoms with Gasteiger partial charge in [-0.25, -0.2) is 0 Å². The Hall–Kier alpha value is -1.35. The van der Waals surface area contributed by atoms with Gasteiger partial charge in [0.05, 0.1) is 13.5 Å².